The monoisotopic (exact) mass is 413 g/mol. The van der Waals surface area contributed by atoms with Crippen LogP contribution in [0.5, 0.6) is 5.75 Å². The molecule has 2 aliphatic heterocycles. The zero-order valence-corrected chi connectivity index (χ0v) is 16.9. The molecule has 1 aromatic heterocycles. The van der Waals surface area contributed by atoms with Crippen molar-refractivity contribution >= 4 is 5.91 Å². The van der Waals surface area contributed by atoms with Crippen molar-refractivity contribution in [3.8, 4) is 16.9 Å². The number of carbonyl (C=O) groups excluding carboxylic acids is 1. The summed E-state index contributed by atoms with van der Waals surface area (Å²) in [6.45, 7) is 1.31. The average molecular weight is 413 g/mol. The van der Waals surface area contributed by atoms with Gasteiger partial charge in [0, 0.05) is 57.0 Å². The molecule has 2 aromatic rings. The molecule has 5 rings (SSSR count). The Morgan fingerprint density at radius 3 is 2.67 bits per heavy atom. The summed E-state index contributed by atoms with van der Waals surface area (Å²) >= 11 is 0. The van der Waals surface area contributed by atoms with Gasteiger partial charge in [0.2, 0.25) is 5.92 Å². The third-order valence-electron chi connectivity index (χ3n) is 6.77. The summed E-state index contributed by atoms with van der Waals surface area (Å²) in [4.78, 5) is 21.3. The molecule has 7 heteroatoms. The van der Waals surface area contributed by atoms with E-state index in [0.29, 0.717) is 37.2 Å². The smallest absolute Gasteiger partial charge is 0.257 e. The van der Waals surface area contributed by atoms with Crippen LogP contribution in [0, 0.1) is 0 Å². The number of rotatable bonds is 2. The molecule has 1 aliphatic carbocycles. The molecule has 0 unspecified atom stereocenters. The van der Waals surface area contributed by atoms with E-state index in [9.17, 15) is 13.6 Å². The topological polar surface area (TPSA) is 45.7 Å². The van der Waals surface area contributed by atoms with E-state index in [1.807, 2.05) is 37.4 Å². The lowest BCUT2D eigenvalue weighted by Crippen LogP contribution is -2.44. The molecule has 1 saturated heterocycles. The molecule has 3 aliphatic rings. The Morgan fingerprint density at radius 2 is 1.93 bits per heavy atom. The van der Waals surface area contributed by atoms with E-state index in [4.69, 9.17) is 4.74 Å². The SMILES string of the molecule is CN1C(=O)c2ccc(-c3cccnc3)cc2O[C@H]2CN(C3CCC(F)(F)CC3)C[C@H]21. The number of nitrogens with zero attached hydrogens (tertiary/aromatic N) is 3. The summed E-state index contributed by atoms with van der Waals surface area (Å²) < 4.78 is 33.5. The summed E-state index contributed by atoms with van der Waals surface area (Å²) in [5.41, 5.74) is 2.46. The highest BCUT2D eigenvalue weighted by Crippen LogP contribution is 2.38. The maximum Gasteiger partial charge on any atom is 0.257 e. The number of hydrogen-bond acceptors (Lipinski definition) is 4. The van der Waals surface area contributed by atoms with E-state index in [-0.39, 0.29) is 36.9 Å². The Bertz CT molecular complexity index is 943. The van der Waals surface area contributed by atoms with Gasteiger partial charge in [-0.1, -0.05) is 12.1 Å². The summed E-state index contributed by atoms with van der Waals surface area (Å²) in [6.07, 6.45) is 4.20. The Labute approximate surface area is 174 Å². The zero-order valence-electron chi connectivity index (χ0n) is 16.9. The van der Waals surface area contributed by atoms with Crippen LogP contribution >= 0.6 is 0 Å². The quantitative estimate of drug-likeness (QED) is 0.751. The first-order valence-electron chi connectivity index (χ1n) is 10.5. The van der Waals surface area contributed by atoms with E-state index < -0.39 is 5.92 Å². The third kappa shape index (κ3) is 3.45. The average Bonchev–Trinajstić information content (AvgIpc) is 3.13. The summed E-state index contributed by atoms with van der Waals surface area (Å²) in [5, 5.41) is 0. The minimum atomic E-state index is -2.54. The van der Waals surface area contributed by atoms with Crippen LogP contribution in [0.25, 0.3) is 11.1 Å². The molecule has 2 atom stereocenters. The molecule has 1 aromatic carbocycles. The highest BCUT2D eigenvalue weighted by Gasteiger charge is 2.46. The van der Waals surface area contributed by atoms with Crippen LogP contribution in [-0.4, -0.2) is 64.9 Å². The highest BCUT2D eigenvalue weighted by atomic mass is 19.3. The van der Waals surface area contributed by atoms with E-state index in [0.717, 1.165) is 11.1 Å². The van der Waals surface area contributed by atoms with Crippen molar-refractivity contribution in [2.24, 2.45) is 0 Å². The predicted octanol–water partition coefficient (Wildman–Crippen LogP) is 3.84. The van der Waals surface area contributed by atoms with Crippen molar-refractivity contribution in [3.05, 3.63) is 48.3 Å². The maximum atomic E-state index is 13.6. The number of hydrogen-bond donors (Lipinski definition) is 0. The van der Waals surface area contributed by atoms with Crippen molar-refractivity contribution in [2.75, 3.05) is 20.1 Å². The first-order valence-corrected chi connectivity index (χ1v) is 10.5. The molecule has 5 nitrogen and oxygen atoms in total. The number of aromatic nitrogens is 1. The summed E-state index contributed by atoms with van der Waals surface area (Å²) in [5.74, 6) is -2.02. The maximum absolute atomic E-state index is 13.6. The number of likely N-dealkylation sites (N-methyl/N-ethyl adjacent to an activating group) is 1. The Balaban J connectivity index is 1.40. The van der Waals surface area contributed by atoms with Gasteiger partial charge in [-0.05, 0) is 36.6 Å². The van der Waals surface area contributed by atoms with Gasteiger partial charge >= 0.3 is 0 Å². The number of fused-ring (bicyclic) bond motifs is 2. The third-order valence-corrected chi connectivity index (χ3v) is 6.77. The molecule has 3 heterocycles. The van der Waals surface area contributed by atoms with E-state index in [1.165, 1.54) is 0 Å². The number of ether oxygens (including phenoxy) is 1. The van der Waals surface area contributed by atoms with Gasteiger partial charge in [-0.2, -0.15) is 0 Å². The first-order chi connectivity index (χ1) is 14.4. The molecule has 1 saturated carbocycles. The summed E-state index contributed by atoms with van der Waals surface area (Å²) in [6, 6.07) is 9.53. The van der Waals surface area contributed by atoms with Gasteiger partial charge in [-0.15, -0.1) is 0 Å². The fourth-order valence-electron chi connectivity index (χ4n) is 4.97. The van der Waals surface area contributed by atoms with Crippen LogP contribution in [0.2, 0.25) is 0 Å². The van der Waals surface area contributed by atoms with Crippen molar-refractivity contribution in [3.63, 3.8) is 0 Å². The molecule has 0 bridgehead atoms. The molecule has 0 spiro atoms. The van der Waals surface area contributed by atoms with E-state index in [1.54, 1.807) is 17.3 Å². The van der Waals surface area contributed by atoms with Gasteiger partial charge in [-0.3, -0.25) is 14.7 Å². The second-order valence-electron chi connectivity index (χ2n) is 8.63. The number of alkyl halides is 2. The van der Waals surface area contributed by atoms with Gasteiger partial charge in [0.15, 0.2) is 0 Å². The van der Waals surface area contributed by atoms with Gasteiger partial charge in [-0.25, -0.2) is 8.78 Å². The Kier molecular flexibility index (Phi) is 4.73. The van der Waals surface area contributed by atoms with Crippen molar-refractivity contribution in [1.82, 2.24) is 14.8 Å². The van der Waals surface area contributed by atoms with E-state index in [2.05, 4.69) is 9.88 Å². The summed E-state index contributed by atoms with van der Waals surface area (Å²) in [7, 11) is 1.81. The van der Waals surface area contributed by atoms with Gasteiger partial charge in [0.1, 0.15) is 11.9 Å². The molecular formula is C23H25F2N3O2. The van der Waals surface area contributed by atoms with Crippen LogP contribution in [0.15, 0.2) is 42.7 Å². The molecular weight excluding hydrogens is 388 g/mol. The van der Waals surface area contributed by atoms with Crippen LogP contribution < -0.4 is 4.74 Å². The number of carbonyl (C=O) groups is 1. The Morgan fingerprint density at radius 1 is 1.13 bits per heavy atom. The largest absolute Gasteiger partial charge is 0.486 e. The van der Waals surface area contributed by atoms with Crippen LogP contribution in [0.3, 0.4) is 0 Å². The van der Waals surface area contributed by atoms with Crippen molar-refractivity contribution < 1.29 is 18.3 Å². The molecule has 0 radical (unpaired) electrons. The molecule has 0 N–H and O–H groups in total. The number of pyridine rings is 1. The molecule has 2 fully saturated rings. The van der Waals surface area contributed by atoms with Gasteiger partial charge in [0.05, 0.1) is 11.6 Å². The highest BCUT2D eigenvalue weighted by molar-refractivity contribution is 5.98. The van der Waals surface area contributed by atoms with Crippen LogP contribution in [0.1, 0.15) is 36.0 Å². The second kappa shape index (κ2) is 7.30. The van der Waals surface area contributed by atoms with E-state index >= 15 is 0 Å². The number of likely N-dealkylation sites (tertiary alicyclic amines) is 1. The number of halogens is 2. The first kappa shape index (κ1) is 19.4. The lowest BCUT2D eigenvalue weighted by Gasteiger charge is -2.34. The minimum Gasteiger partial charge on any atom is -0.486 e. The normalized spacial score (nSPS) is 26.6. The number of amides is 1. The number of benzene rings is 1. The lowest BCUT2D eigenvalue weighted by molar-refractivity contribution is -0.0523. The van der Waals surface area contributed by atoms with Gasteiger partial charge in [0.25, 0.3) is 5.91 Å². The standard InChI is InChI=1S/C23H25F2N3O2/c1-27-19-13-28(17-6-8-23(24,25)9-7-17)14-21(19)30-20-11-15(4-5-18(20)22(27)29)16-3-2-10-26-12-16/h2-5,10-12,17,19,21H,6-9,13-14H2,1H3/t19-,21+/m1/s1. The second-order valence-corrected chi connectivity index (χ2v) is 8.63. The lowest BCUT2D eigenvalue weighted by atomic mass is 9.91. The van der Waals surface area contributed by atoms with Gasteiger partial charge < -0.3 is 9.64 Å². The van der Waals surface area contributed by atoms with Crippen LogP contribution in [0.4, 0.5) is 8.78 Å². The van der Waals surface area contributed by atoms with Crippen LogP contribution in [-0.2, 0) is 0 Å². The molecule has 1 amide bonds. The fourth-order valence-corrected chi connectivity index (χ4v) is 4.97. The molecule has 158 valence electrons. The Hall–Kier alpha value is -2.54. The van der Waals surface area contributed by atoms with Crippen molar-refractivity contribution in [1.29, 1.82) is 0 Å². The molecule has 30 heavy (non-hydrogen) atoms. The van der Waals surface area contributed by atoms with Crippen molar-refractivity contribution in [2.45, 2.75) is 49.8 Å². The minimum absolute atomic E-state index is 0.0591. The predicted molar refractivity (Wildman–Crippen MR) is 109 cm³/mol. The fraction of sp³-hybridized carbons (Fsp3) is 0.478. The zero-order chi connectivity index (χ0) is 20.9.